The van der Waals surface area contributed by atoms with Crippen molar-refractivity contribution in [3.63, 3.8) is 0 Å². The second kappa shape index (κ2) is 4.69. The number of para-hydroxylation sites is 1. The first-order valence-electron chi connectivity index (χ1n) is 7.62. The second-order valence-electron chi connectivity index (χ2n) is 6.21. The van der Waals surface area contributed by atoms with Crippen molar-refractivity contribution in [3.8, 4) is 5.75 Å². The number of ether oxygens (including phenoxy) is 1. The molecule has 1 amide bonds. The molecule has 0 radical (unpaired) electrons. The molecule has 1 aliphatic heterocycles. The molecule has 4 rings (SSSR count). The van der Waals surface area contributed by atoms with Crippen molar-refractivity contribution in [2.24, 2.45) is 11.8 Å². The van der Waals surface area contributed by atoms with Gasteiger partial charge in [0.05, 0.1) is 11.3 Å². The van der Waals surface area contributed by atoms with Gasteiger partial charge in [0.1, 0.15) is 6.61 Å². The van der Waals surface area contributed by atoms with Crippen molar-refractivity contribution in [1.82, 2.24) is 5.32 Å². The maximum Gasteiger partial charge on any atom is 0.255 e. The van der Waals surface area contributed by atoms with Crippen molar-refractivity contribution < 1.29 is 9.53 Å². The molecule has 1 aromatic carbocycles. The highest BCUT2D eigenvalue weighted by atomic mass is 16.5. The molecule has 2 saturated carbocycles. The van der Waals surface area contributed by atoms with Gasteiger partial charge in [0.2, 0.25) is 0 Å². The summed E-state index contributed by atoms with van der Waals surface area (Å²) in [4.78, 5) is 12.5. The molecule has 1 aromatic rings. The lowest BCUT2D eigenvalue weighted by Gasteiger charge is -2.25. The number of hydrogen-bond acceptors (Lipinski definition) is 3. The topological polar surface area (TPSA) is 50.4 Å². The zero-order valence-corrected chi connectivity index (χ0v) is 11.5. The van der Waals surface area contributed by atoms with Gasteiger partial charge >= 0.3 is 0 Å². The Morgan fingerprint density at radius 3 is 3.05 bits per heavy atom. The molecule has 0 aromatic heterocycles. The van der Waals surface area contributed by atoms with Crippen molar-refractivity contribution in [3.05, 3.63) is 23.8 Å². The summed E-state index contributed by atoms with van der Waals surface area (Å²) in [5.74, 6) is 2.26. The molecule has 4 heteroatoms. The van der Waals surface area contributed by atoms with Crippen LogP contribution in [0.2, 0.25) is 0 Å². The lowest BCUT2D eigenvalue weighted by atomic mass is 9.95. The predicted molar refractivity (Wildman–Crippen MR) is 77.1 cm³/mol. The normalized spacial score (nSPS) is 30.3. The highest BCUT2D eigenvalue weighted by Gasteiger charge is 2.40. The summed E-state index contributed by atoms with van der Waals surface area (Å²) < 4.78 is 5.68. The van der Waals surface area contributed by atoms with E-state index in [1.807, 2.05) is 18.2 Å². The molecule has 2 aliphatic carbocycles. The van der Waals surface area contributed by atoms with Crippen LogP contribution in [0.3, 0.4) is 0 Å². The summed E-state index contributed by atoms with van der Waals surface area (Å²) in [6, 6.07) is 6.10. The third-order valence-corrected chi connectivity index (χ3v) is 4.98. The average molecular weight is 272 g/mol. The van der Waals surface area contributed by atoms with Crippen LogP contribution in [0.4, 0.5) is 5.69 Å². The van der Waals surface area contributed by atoms with Crippen molar-refractivity contribution in [1.29, 1.82) is 0 Å². The number of fused-ring (bicyclic) bond motifs is 3. The molecule has 1 heterocycles. The zero-order chi connectivity index (χ0) is 13.5. The number of benzene rings is 1. The van der Waals surface area contributed by atoms with Gasteiger partial charge in [-0.3, -0.25) is 4.79 Å². The van der Waals surface area contributed by atoms with Crippen molar-refractivity contribution in [2.45, 2.75) is 31.7 Å². The molecular weight excluding hydrogens is 252 g/mol. The maximum absolute atomic E-state index is 12.5. The van der Waals surface area contributed by atoms with Crippen LogP contribution in [0.25, 0.3) is 0 Å². The minimum Gasteiger partial charge on any atom is -0.489 e. The molecule has 4 nitrogen and oxygen atoms in total. The van der Waals surface area contributed by atoms with Gasteiger partial charge in [-0.25, -0.2) is 0 Å². The first-order chi connectivity index (χ1) is 9.81. The van der Waals surface area contributed by atoms with Gasteiger partial charge in [-0.15, -0.1) is 0 Å². The first-order valence-corrected chi connectivity index (χ1v) is 7.62. The van der Waals surface area contributed by atoms with E-state index in [0.717, 1.165) is 24.6 Å². The van der Waals surface area contributed by atoms with Crippen LogP contribution < -0.4 is 15.4 Å². The van der Waals surface area contributed by atoms with Gasteiger partial charge in [-0.2, -0.15) is 0 Å². The van der Waals surface area contributed by atoms with Gasteiger partial charge in [0.25, 0.3) is 5.91 Å². The summed E-state index contributed by atoms with van der Waals surface area (Å²) in [6.45, 7) is 1.41. The molecule has 2 bridgehead atoms. The predicted octanol–water partition coefficient (Wildman–Crippen LogP) is 2.41. The molecule has 0 saturated heterocycles. The Morgan fingerprint density at radius 1 is 1.30 bits per heavy atom. The van der Waals surface area contributed by atoms with Crippen LogP contribution >= 0.6 is 0 Å². The Morgan fingerprint density at radius 2 is 2.25 bits per heavy atom. The molecule has 2 N–H and O–H groups in total. The number of carbonyl (C=O) groups is 1. The minimum atomic E-state index is 0.0168. The van der Waals surface area contributed by atoms with E-state index in [4.69, 9.17) is 4.74 Å². The average Bonchev–Trinajstić information content (AvgIpc) is 3.09. The van der Waals surface area contributed by atoms with Gasteiger partial charge < -0.3 is 15.4 Å². The molecule has 3 unspecified atom stereocenters. The van der Waals surface area contributed by atoms with E-state index in [2.05, 4.69) is 10.6 Å². The lowest BCUT2D eigenvalue weighted by molar-refractivity contribution is 0.0919. The standard InChI is InChI=1S/C16H20N2O2/c19-16(18-14-9-10-4-5-11(14)8-10)12-2-1-3-13-15(12)20-7-6-17-13/h1-3,10-11,14,17H,4-9H2,(H,18,19). The SMILES string of the molecule is O=C(NC1CC2CCC1C2)c1cccc2c1OCCN2. The third kappa shape index (κ3) is 1.94. The second-order valence-corrected chi connectivity index (χ2v) is 6.21. The van der Waals surface area contributed by atoms with Crippen LogP contribution in [0.15, 0.2) is 18.2 Å². The van der Waals surface area contributed by atoms with E-state index in [9.17, 15) is 4.79 Å². The summed E-state index contributed by atoms with van der Waals surface area (Å²) >= 11 is 0. The van der Waals surface area contributed by atoms with Gasteiger partial charge in [0.15, 0.2) is 5.75 Å². The minimum absolute atomic E-state index is 0.0168. The lowest BCUT2D eigenvalue weighted by Crippen LogP contribution is -2.38. The number of rotatable bonds is 2. The van der Waals surface area contributed by atoms with Crippen LogP contribution in [0, 0.1) is 11.8 Å². The fourth-order valence-corrected chi connectivity index (χ4v) is 4.02. The number of nitrogens with one attached hydrogen (secondary N) is 2. The van der Waals surface area contributed by atoms with E-state index in [-0.39, 0.29) is 5.91 Å². The van der Waals surface area contributed by atoms with E-state index >= 15 is 0 Å². The Balaban J connectivity index is 1.54. The summed E-state index contributed by atoms with van der Waals surface area (Å²) in [7, 11) is 0. The first kappa shape index (κ1) is 12.1. The van der Waals surface area contributed by atoms with E-state index < -0.39 is 0 Å². The Bertz CT molecular complexity index is 543. The Kier molecular flexibility index (Phi) is 2.83. The fraction of sp³-hybridized carbons (Fsp3) is 0.562. The van der Waals surface area contributed by atoms with Crippen LogP contribution in [0.1, 0.15) is 36.0 Å². The molecule has 3 aliphatic rings. The van der Waals surface area contributed by atoms with Crippen molar-refractivity contribution >= 4 is 11.6 Å². The number of hydrogen-bond donors (Lipinski definition) is 2. The highest BCUT2D eigenvalue weighted by molar-refractivity contribution is 5.99. The van der Waals surface area contributed by atoms with Gasteiger partial charge in [-0.05, 0) is 43.2 Å². The van der Waals surface area contributed by atoms with E-state index in [1.54, 1.807) is 0 Å². The van der Waals surface area contributed by atoms with Gasteiger partial charge in [-0.1, -0.05) is 12.5 Å². The number of anilines is 1. The third-order valence-electron chi connectivity index (χ3n) is 4.98. The maximum atomic E-state index is 12.5. The highest BCUT2D eigenvalue weighted by Crippen LogP contribution is 2.44. The van der Waals surface area contributed by atoms with Crippen LogP contribution in [-0.4, -0.2) is 25.1 Å². The summed E-state index contributed by atoms with van der Waals surface area (Å²) in [6.07, 6.45) is 5.09. The smallest absolute Gasteiger partial charge is 0.255 e. The fourth-order valence-electron chi connectivity index (χ4n) is 4.02. The largest absolute Gasteiger partial charge is 0.489 e. The van der Waals surface area contributed by atoms with Crippen molar-refractivity contribution in [2.75, 3.05) is 18.5 Å². The summed E-state index contributed by atoms with van der Waals surface area (Å²) in [5, 5.41) is 6.50. The molecule has 2 fully saturated rings. The van der Waals surface area contributed by atoms with E-state index in [1.165, 1.54) is 19.3 Å². The van der Waals surface area contributed by atoms with E-state index in [0.29, 0.717) is 29.9 Å². The van der Waals surface area contributed by atoms with Crippen LogP contribution in [-0.2, 0) is 0 Å². The number of carbonyl (C=O) groups excluding carboxylic acids is 1. The molecule has 20 heavy (non-hydrogen) atoms. The molecule has 3 atom stereocenters. The molecule has 0 spiro atoms. The number of amides is 1. The quantitative estimate of drug-likeness (QED) is 0.869. The van der Waals surface area contributed by atoms with Crippen LogP contribution in [0.5, 0.6) is 5.75 Å². The van der Waals surface area contributed by atoms with Gasteiger partial charge in [0, 0.05) is 12.6 Å². The monoisotopic (exact) mass is 272 g/mol. The zero-order valence-electron chi connectivity index (χ0n) is 11.5. The summed E-state index contributed by atoms with van der Waals surface area (Å²) in [5.41, 5.74) is 1.59. The Labute approximate surface area is 118 Å². The molecular formula is C16H20N2O2. The Hall–Kier alpha value is -1.71. The molecule has 106 valence electrons.